The zero-order valence-corrected chi connectivity index (χ0v) is 19.1. The molecule has 5 heteroatoms. The number of rotatable bonds is 5. The molecule has 1 saturated heterocycles. The molecule has 2 aromatic rings. The summed E-state index contributed by atoms with van der Waals surface area (Å²) in [5.41, 5.74) is 7.81. The Bertz CT molecular complexity index is 927. The maximum atomic E-state index is 13.0. The summed E-state index contributed by atoms with van der Waals surface area (Å²) in [4.78, 5) is 26.7. The van der Waals surface area contributed by atoms with Crippen LogP contribution in [0.25, 0.3) is 0 Å². The highest BCUT2D eigenvalue weighted by atomic mass is 16.5. The van der Waals surface area contributed by atoms with Crippen molar-refractivity contribution in [3.8, 4) is 0 Å². The van der Waals surface area contributed by atoms with E-state index in [4.69, 9.17) is 9.15 Å². The number of carbonyl (C=O) groups is 2. The number of benzene rings is 1. The van der Waals surface area contributed by atoms with E-state index < -0.39 is 0 Å². The molecule has 162 valence electrons. The molecule has 3 rings (SSSR count). The van der Waals surface area contributed by atoms with Gasteiger partial charge >= 0.3 is 5.97 Å². The number of piperidine rings is 1. The van der Waals surface area contributed by atoms with E-state index in [2.05, 4.69) is 34.6 Å². The van der Waals surface area contributed by atoms with Crippen molar-refractivity contribution in [2.24, 2.45) is 5.92 Å². The molecular weight excluding hydrogens is 378 g/mol. The number of carbonyl (C=O) groups excluding carboxylic acids is 2. The van der Waals surface area contributed by atoms with Gasteiger partial charge in [-0.25, -0.2) is 0 Å². The number of furan rings is 1. The molecule has 0 spiro atoms. The molecule has 0 bridgehead atoms. The van der Waals surface area contributed by atoms with Crippen molar-refractivity contribution in [1.82, 2.24) is 4.90 Å². The maximum absolute atomic E-state index is 13.0. The molecule has 1 aliphatic heterocycles. The summed E-state index contributed by atoms with van der Waals surface area (Å²) in [7, 11) is 0. The minimum Gasteiger partial charge on any atom is -0.466 e. The zero-order valence-electron chi connectivity index (χ0n) is 19.1. The lowest BCUT2D eigenvalue weighted by atomic mass is 9.88. The Morgan fingerprint density at radius 3 is 2.30 bits per heavy atom. The molecule has 2 heterocycles. The van der Waals surface area contributed by atoms with Gasteiger partial charge in [0.2, 0.25) is 0 Å². The summed E-state index contributed by atoms with van der Waals surface area (Å²) >= 11 is 0. The number of nitrogens with zero attached hydrogens (tertiary/aromatic N) is 1. The van der Waals surface area contributed by atoms with E-state index in [1.165, 1.54) is 33.4 Å². The molecule has 5 nitrogen and oxygen atoms in total. The van der Waals surface area contributed by atoms with E-state index in [0.29, 0.717) is 31.9 Å². The Kier molecular flexibility index (Phi) is 6.69. The normalized spacial score (nSPS) is 16.6. The Balaban J connectivity index is 1.76. The molecule has 0 saturated carbocycles. The van der Waals surface area contributed by atoms with Gasteiger partial charge in [0.1, 0.15) is 5.76 Å². The van der Waals surface area contributed by atoms with Crippen molar-refractivity contribution in [3.63, 3.8) is 0 Å². The number of amides is 1. The Morgan fingerprint density at radius 1 is 1.03 bits per heavy atom. The second-order valence-electron chi connectivity index (χ2n) is 8.39. The van der Waals surface area contributed by atoms with Crippen LogP contribution in [-0.2, 0) is 16.0 Å². The fourth-order valence-corrected chi connectivity index (χ4v) is 4.37. The van der Waals surface area contributed by atoms with Gasteiger partial charge in [0.05, 0.1) is 12.5 Å². The summed E-state index contributed by atoms with van der Waals surface area (Å²) in [5.74, 6) is 0.503. The second-order valence-corrected chi connectivity index (χ2v) is 8.39. The van der Waals surface area contributed by atoms with Crippen LogP contribution in [-0.4, -0.2) is 36.5 Å². The number of hydrogen-bond donors (Lipinski definition) is 0. The number of ether oxygens (including phenoxy) is 1. The van der Waals surface area contributed by atoms with Crippen LogP contribution in [0.5, 0.6) is 0 Å². The summed E-state index contributed by atoms with van der Waals surface area (Å²) in [6.07, 6.45) is 2.22. The summed E-state index contributed by atoms with van der Waals surface area (Å²) < 4.78 is 11.1. The smallest absolute Gasteiger partial charge is 0.310 e. The highest BCUT2D eigenvalue weighted by molar-refractivity contribution is 5.92. The van der Waals surface area contributed by atoms with Crippen molar-refractivity contribution >= 4 is 11.9 Å². The first-order valence-corrected chi connectivity index (χ1v) is 10.8. The summed E-state index contributed by atoms with van der Waals surface area (Å²) in [6.45, 7) is 14.0. The van der Waals surface area contributed by atoms with Gasteiger partial charge in [0.15, 0.2) is 5.76 Å². The van der Waals surface area contributed by atoms with Crippen LogP contribution in [0.15, 0.2) is 16.5 Å². The van der Waals surface area contributed by atoms with Crippen molar-refractivity contribution < 1.29 is 18.7 Å². The molecule has 0 N–H and O–H groups in total. The van der Waals surface area contributed by atoms with Gasteiger partial charge in [-0.1, -0.05) is 0 Å². The lowest BCUT2D eigenvalue weighted by Crippen LogP contribution is -2.42. The van der Waals surface area contributed by atoms with Gasteiger partial charge in [0.25, 0.3) is 5.91 Å². The number of likely N-dealkylation sites (tertiary alicyclic amines) is 1. The molecule has 0 radical (unpaired) electrons. The topological polar surface area (TPSA) is 59.8 Å². The lowest BCUT2D eigenvalue weighted by Gasteiger charge is -2.30. The highest BCUT2D eigenvalue weighted by Gasteiger charge is 2.31. The molecule has 30 heavy (non-hydrogen) atoms. The van der Waals surface area contributed by atoms with Gasteiger partial charge in [-0.2, -0.15) is 0 Å². The monoisotopic (exact) mass is 411 g/mol. The van der Waals surface area contributed by atoms with E-state index in [0.717, 1.165) is 18.6 Å². The summed E-state index contributed by atoms with van der Waals surface area (Å²) in [5, 5.41) is 0. The zero-order chi connectivity index (χ0) is 22.0. The minimum absolute atomic E-state index is 0.153. The molecular formula is C25H33NO4. The quantitative estimate of drug-likeness (QED) is 0.662. The predicted molar refractivity (Wildman–Crippen MR) is 117 cm³/mol. The number of hydrogen-bond acceptors (Lipinski definition) is 4. The van der Waals surface area contributed by atoms with Crippen LogP contribution in [0.2, 0.25) is 0 Å². The third-order valence-corrected chi connectivity index (χ3v) is 6.71. The van der Waals surface area contributed by atoms with Crippen LogP contribution < -0.4 is 0 Å². The van der Waals surface area contributed by atoms with E-state index in [1.807, 2.05) is 6.07 Å². The Hall–Kier alpha value is -2.56. The van der Waals surface area contributed by atoms with E-state index in [1.54, 1.807) is 17.9 Å². The van der Waals surface area contributed by atoms with Gasteiger partial charge in [0, 0.05) is 19.5 Å². The SMILES string of the molecule is CCOC(=O)C1CCCN(C(=O)c2ccc(Cc3c(C)c(C)c(C)c(C)c3C)o2)C1. The van der Waals surface area contributed by atoms with Crippen molar-refractivity contribution in [2.75, 3.05) is 19.7 Å². The molecule has 1 aromatic carbocycles. The average molecular weight is 412 g/mol. The first-order chi connectivity index (χ1) is 14.2. The van der Waals surface area contributed by atoms with Crippen molar-refractivity contribution in [3.05, 3.63) is 57.0 Å². The highest BCUT2D eigenvalue weighted by Crippen LogP contribution is 2.29. The Labute approximate surface area is 179 Å². The molecule has 1 amide bonds. The first kappa shape index (κ1) is 22.1. The predicted octanol–water partition coefficient (Wildman–Crippen LogP) is 4.83. The molecule has 1 aliphatic rings. The fourth-order valence-electron chi connectivity index (χ4n) is 4.37. The maximum Gasteiger partial charge on any atom is 0.310 e. The third kappa shape index (κ3) is 4.30. The standard InChI is InChI=1S/C25H33NO4/c1-7-29-25(28)20-9-8-12-26(14-20)24(27)23-11-10-21(30-23)13-22-18(5)16(3)15(2)17(4)19(22)6/h10-11,20H,7-9,12-14H2,1-6H3. The van der Waals surface area contributed by atoms with Gasteiger partial charge in [-0.15, -0.1) is 0 Å². The van der Waals surface area contributed by atoms with Gasteiger partial charge < -0.3 is 14.1 Å². The molecule has 0 aliphatic carbocycles. The molecule has 1 aromatic heterocycles. The second kappa shape index (κ2) is 9.07. The van der Waals surface area contributed by atoms with Crippen molar-refractivity contribution in [1.29, 1.82) is 0 Å². The fraction of sp³-hybridized carbons (Fsp3) is 0.520. The van der Waals surface area contributed by atoms with Crippen LogP contribution >= 0.6 is 0 Å². The summed E-state index contributed by atoms with van der Waals surface area (Å²) in [6, 6.07) is 3.65. The average Bonchev–Trinajstić information content (AvgIpc) is 3.22. The van der Waals surface area contributed by atoms with E-state index >= 15 is 0 Å². The van der Waals surface area contributed by atoms with Crippen molar-refractivity contribution in [2.45, 2.75) is 60.8 Å². The van der Waals surface area contributed by atoms with Gasteiger partial charge in [-0.3, -0.25) is 9.59 Å². The van der Waals surface area contributed by atoms with E-state index in [-0.39, 0.29) is 17.8 Å². The third-order valence-electron chi connectivity index (χ3n) is 6.71. The largest absolute Gasteiger partial charge is 0.466 e. The van der Waals surface area contributed by atoms with E-state index in [9.17, 15) is 9.59 Å². The minimum atomic E-state index is -0.249. The van der Waals surface area contributed by atoms with Gasteiger partial charge in [-0.05, 0) is 99.9 Å². The Morgan fingerprint density at radius 2 is 1.67 bits per heavy atom. The number of esters is 1. The molecule has 1 unspecified atom stereocenters. The molecule has 1 atom stereocenters. The van der Waals surface area contributed by atoms with Crippen LogP contribution in [0, 0.1) is 40.5 Å². The molecule has 1 fully saturated rings. The van der Waals surface area contributed by atoms with Crippen LogP contribution in [0.3, 0.4) is 0 Å². The first-order valence-electron chi connectivity index (χ1n) is 10.8. The lowest BCUT2D eigenvalue weighted by molar-refractivity contribution is -0.149. The van der Waals surface area contributed by atoms with Crippen LogP contribution in [0.1, 0.15) is 69.5 Å². The van der Waals surface area contributed by atoms with Crippen LogP contribution in [0.4, 0.5) is 0 Å².